The molecule has 2 N–H and O–H groups in total. The van der Waals surface area contributed by atoms with Gasteiger partial charge in [0, 0.05) is 25.1 Å². The molecule has 1 amide bonds. The van der Waals surface area contributed by atoms with Crippen LogP contribution in [-0.2, 0) is 32.2 Å². The Morgan fingerprint density at radius 2 is 1.28 bits per heavy atom. The number of halogens is 3. The fourth-order valence-corrected chi connectivity index (χ4v) is 7.12. The number of aliphatic hydroxyl groups is 1. The highest BCUT2D eigenvalue weighted by atomic mass is 32.2. The van der Waals surface area contributed by atoms with Crippen LogP contribution in [0.25, 0.3) is 22.3 Å². The summed E-state index contributed by atoms with van der Waals surface area (Å²) in [5.74, 6) is -2.22. The Hall–Kier alpha value is -5.63. The largest absolute Gasteiger partial charge is 0.465 e. The maximum Gasteiger partial charge on any atom is 0.416 e. The number of amides is 1. The van der Waals surface area contributed by atoms with E-state index in [9.17, 15) is 41.1 Å². The van der Waals surface area contributed by atoms with Gasteiger partial charge in [-0.15, -0.1) is 0 Å². The van der Waals surface area contributed by atoms with Gasteiger partial charge in [-0.25, -0.2) is 17.9 Å². The van der Waals surface area contributed by atoms with E-state index in [1.54, 1.807) is 24.3 Å². The first-order valence-electron chi connectivity index (χ1n) is 16.8. The number of carbonyl (C=O) groups is 3. The minimum atomic E-state index is -4.50. The van der Waals surface area contributed by atoms with Gasteiger partial charge in [0.2, 0.25) is 10.0 Å². The van der Waals surface area contributed by atoms with Gasteiger partial charge >= 0.3 is 12.1 Å². The molecule has 280 valence electrons. The number of esters is 1. The number of aliphatic hydroxyl groups excluding tert-OH is 1. The maximum absolute atomic E-state index is 14.3. The predicted molar refractivity (Wildman–Crippen MR) is 197 cm³/mol. The Morgan fingerprint density at radius 1 is 0.759 bits per heavy atom. The molecular weight excluding hydrogens is 722 g/mol. The molecule has 0 aliphatic carbocycles. The van der Waals surface area contributed by atoms with Crippen LogP contribution < -0.4 is 4.72 Å². The molecule has 5 rings (SSSR count). The normalized spacial score (nSPS) is 12.8. The lowest BCUT2D eigenvalue weighted by Gasteiger charge is -2.32. The van der Waals surface area contributed by atoms with Crippen molar-refractivity contribution < 1.29 is 45.8 Å². The van der Waals surface area contributed by atoms with Crippen molar-refractivity contribution in [2.75, 3.05) is 20.2 Å². The third kappa shape index (κ3) is 9.47. The summed E-state index contributed by atoms with van der Waals surface area (Å²) in [6, 6.07) is 31.7. The van der Waals surface area contributed by atoms with E-state index in [2.05, 4.69) is 4.72 Å². The fourth-order valence-electron chi connectivity index (χ4n) is 5.91. The second-order valence-electron chi connectivity index (χ2n) is 12.4. The molecule has 5 aromatic rings. The van der Waals surface area contributed by atoms with Gasteiger partial charge in [0.05, 0.1) is 29.2 Å². The molecular formula is C41H37F3N2O7S. The van der Waals surface area contributed by atoms with Crippen LogP contribution in [0.5, 0.6) is 0 Å². The van der Waals surface area contributed by atoms with Crippen LogP contribution in [0, 0.1) is 0 Å². The van der Waals surface area contributed by atoms with Gasteiger partial charge < -0.3 is 14.7 Å². The van der Waals surface area contributed by atoms with Gasteiger partial charge in [0.25, 0.3) is 5.91 Å². The minimum absolute atomic E-state index is 0.0217. The molecule has 0 bridgehead atoms. The molecule has 0 aromatic heterocycles. The minimum Gasteiger partial charge on any atom is -0.465 e. The number of alkyl halides is 3. The molecule has 2 atom stereocenters. The second kappa shape index (κ2) is 17.0. The topological polar surface area (TPSA) is 130 Å². The monoisotopic (exact) mass is 758 g/mol. The van der Waals surface area contributed by atoms with Gasteiger partial charge in [-0.2, -0.15) is 13.2 Å². The number of methoxy groups -OCH3 is 1. The summed E-state index contributed by atoms with van der Waals surface area (Å²) in [5, 5.41) is 10.5. The van der Waals surface area contributed by atoms with E-state index >= 15 is 0 Å². The van der Waals surface area contributed by atoms with Crippen molar-refractivity contribution in [2.24, 2.45) is 0 Å². The van der Waals surface area contributed by atoms with Crippen LogP contribution in [0.2, 0.25) is 0 Å². The average Bonchev–Trinajstić information content (AvgIpc) is 3.18. The number of rotatable bonds is 14. The van der Waals surface area contributed by atoms with Crippen molar-refractivity contribution in [3.8, 4) is 22.3 Å². The molecule has 0 saturated carbocycles. The Bertz CT molecular complexity index is 2190. The molecule has 5 aromatic carbocycles. The number of nitrogens with one attached hydrogen (secondary N) is 1. The van der Waals surface area contributed by atoms with Gasteiger partial charge in [-0.05, 0) is 71.1 Å². The summed E-state index contributed by atoms with van der Waals surface area (Å²) < 4.78 is 73.3. The summed E-state index contributed by atoms with van der Waals surface area (Å²) >= 11 is 0. The first-order chi connectivity index (χ1) is 25.7. The number of ketones is 1. The van der Waals surface area contributed by atoms with Crippen LogP contribution >= 0.6 is 0 Å². The first-order valence-corrected chi connectivity index (χ1v) is 18.3. The lowest BCUT2D eigenvalue weighted by Crippen LogP contribution is -2.51. The number of ether oxygens (including phenoxy) is 1. The number of carbonyl (C=O) groups excluding carboxylic acids is 3. The molecule has 13 heteroatoms. The van der Waals surface area contributed by atoms with Gasteiger partial charge in [-0.1, -0.05) is 91.0 Å². The van der Waals surface area contributed by atoms with E-state index in [1.807, 2.05) is 42.5 Å². The lowest BCUT2D eigenvalue weighted by molar-refractivity contribution is -0.137. The van der Waals surface area contributed by atoms with E-state index < -0.39 is 51.6 Å². The van der Waals surface area contributed by atoms with E-state index in [0.29, 0.717) is 16.7 Å². The highest BCUT2D eigenvalue weighted by molar-refractivity contribution is 7.89. The number of hydrogen-bond donors (Lipinski definition) is 2. The van der Waals surface area contributed by atoms with Crippen LogP contribution in [0.15, 0.2) is 132 Å². The Labute approximate surface area is 311 Å². The number of hydrogen-bond acceptors (Lipinski definition) is 7. The Kier molecular flexibility index (Phi) is 12.5. The van der Waals surface area contributed by atoms with Crippen LogP contribution in [0.3, 0.4) is 0 Å². The Balaban J connectivity index is 1.46. The SMILES string of the molecule is COC(=O)c1ccccc1S(=O)(=O)NCCN(C(=O)c1ccc(-c2ccc(C(F)(F)F)cc2)cc1)[C@@H](Cc1ccc(-c2ccccc2)cc1)C(=O)C(C)O. The van der Waals surface area contributed by atoms with E-state index in [-0.39, 0.29) is 35.5 Å². The molecule has 0 spiro atoms. The summed E-state index contributed by atoms with van der Waals surface area (Å²) in [6.07, 6.45) is -6.01. The van der Waals surface area contributed by atoms with Crippen molar-refractivity contribution in [2.45, 2.75) is 36.6 Å². The van der Waals surface area contributed by atoms with Crippen molar-refractivity contribution in [1.82, 2.24) is 9.62 Å². The fraction of sp³-hybridized carbons (Fsp3) is 0.195. The van der Waals surface area contributed by atoms with Gasteiger partial charge in [0.15, 0.2) is 5.78 Å². The highest BCUT2D eigenvalue weighted by Gasteiger charge is 2.34. The summed E-state index contributed by atoms with van der Waals surface area (Å²) in [4.78, 5) is 41.1. The molecule has 0 aliphatic rings. The van der Waals surface area contributed by atoms with E-state index in [0.717, 1.165) is 30.4 Å². The standard InChI is InChI=1S/C41H37F3N2O7S/c1-27(47)38(48)36(26-28-12-14-30(15-13-28)29-8-4-3-5-9-29)46(25-24-45-54(51,52)37-11-7-6-10-35(37)40(50)53-2)39(49)33-18-16-31(17-19-33)32-20-22-34(23-21-32)41(42,43)44/h3-23,27,36,45,47H,24-26H2,1-2H3/t27?,36-/m0/s1. The highest BCUT2D eigenvalue weighted by Crippen LogP contribution is 2.31. The summed E-state index contributed by atoms with van der Waals surface area (Å²) in [6.45, 7) is 0.565. The average molecular weight is 759 g/mol. The third-order valence-electron chi connectivity index (χ3n) is 8.77. The molecule has 1 unspecified atom stereocenters. The zero-order chi connectivity index (χ0) is 39.0. The zero-order valence-corrected chi connectivity index (χ0v) is 30.1. The van der Waals surface area contributed by atoms with Crippen molar-refractivity contribution >= 4 is 27.7 Å². The molecule has 0 fully saturated rings. The lowest BCUT2D eigenvalue weighted by atomic mass is 9.95. The predicted octanol–water partition coefficient (Wildman–Crippen LogP) is 6.81. The molecule has 9 nitrogen and oxygen atoms in total. The number of sulfonamides is 1. The molecule has 0 saturated heterocycles. The maximum atomic E-state index is 14.3. The summed E-state index contributed by atoms with van der Waals surface area (Å²) in [5.41, 5.74) is 2.65. The van der Waals surface area contributed by atoms with Crippen molar-refractivity contribution in [1.29, 1.82) is 0 Å². The van der Waals surface area contributed by atoms with Crippen molar-refractivity contribution in [3.63, 3.8) is 0 Å². The number of nitrogens with zero attached hydrogens (tertiary/aromatic N) is 1. The molecule has 0 aliphatic heterocycles. The Morgan fingerprint density at radius 3 is 1.83 bits per heavy atom. The quantitative estimate of drug-likeness (QED) is 0.119. The van der Waals surface area contributed by atoms with Crippen molar-refractivity contribution in [3.05, 3.63) is 150 Å². The number of Topliss-reactive ketones (excluding diaryl/α,β-unsaturated/α-hetero) is 1. The molecule has 0 radical (unpaired) electrons. The molecule has 54 heavy (non-hydrogen) atoms. The van der Waals surface area contributed by atoms with Gasteiger partial charge in [-0.3, -0.25) is 9.59 Å². The van der Waals surface area contributed by atoms with E-state index in [1.165, 1.54) is 60.4 Å². The summed E-state index contributed by atoms with van der Waals surface area (Å²) in [7, 11) is -3.21. The number of benzene rings is 5. The first kappa shape index (κ1) is 39.6. The van der Waals surface area contributed by atoms with E-state index in [4.69, 9.17) is 4.74 Å². The van der Waals surface area contributed by atoms with Crippen LogP contribution in [0.1, 0.15) is 38.8 Å². The van der Waals surface area contributed by atoms with Crippen LogP contribution in [-0.4, -0.2) is 68.4 Å². The second-order valence-corrected chi connectivity index (χ2v) is 14.1. The van der Waals surface area contributed by atoms with Gasteiger partial charge in [0.1, 0.15) is 6.10 Å². The smallest absolute Gasteiger partial charge is 0.416 e. The zero-order valence-electron chi connectivity index (χ0n) is 29.3. The third-order valence-corrected chi connectivity index (χ3v) is 10.3. The van der Waals surface area contributed by atoms with Crippen LogP contribution in [0.4, 0.5) is 13.2 Å². The molecule has 0 heterocycles.